The number of aliphatic carboxylic acids is 1. The number of rotatable bonds is 3. The Kier molecular flexibility index (Phi) is 5.00. The van der Waals surface area contributed by atoms with Gasteiger partial charge in [0.25, 0.3) is 5.91 Å². The van der Waals surface area contributed by atoms with E-state index in [0.717, 1.165) is 57.4 Å². The number of hydrogen-bond donors (Lipinski definition) is 1. The number of piperidine rings is 2. The number of nitrogens with zero attached hydrogens (tertiary/aromatic N) is 3. The van der Waals surface area contributed by atoms with Crippen LogP contribution in [0.25, 0.3) is 0 Å². The van der Waals surface area contributed by atoms with Crippen molar-refractivity contribution < 1.29 is 19.5 Å². The van der Waals surface area contributed by atoms with Crippen molar-refractivity contribution in [2.75, 3.05) is 36.0 Å². The predicted octanol–water partition coefficient (Wildman–Crippen LogP) is 2.35. The van der Waals surface area contributed by atoms with Gasteiger partial charge in [0.15, 0.2) is 0 Å². The predicted molar refractivity (Wildman–Crippen MR) is 106 cm³/mol. The summed E-state index contributed by atoms with van der Waals surface area (Å²) in [6.45, 7) is 4.08. The van der Waals surface area contributed by atoms with Crippen molar-refractivity contribution in [3.63, 3.8) is 0 Å². The molecule has 150 valence electrons. The number of likely N-dealkylation sites (tertiary alicyclic amines) is 1. The topological polar surface area (TPSA) is 81.2 Å². The Morgan fingerprint density at radius 1 is 1.07 bits per heavy atom. The van der Waals surface area contributed by atoms with Crippen LogP contribution < -0.4 is 9.80 Å². The first-order valence-corrected chi connectivity index (χ1v) is 10.2. The third-order valence-electron chi connectivity index (χ3n) is 6.24. The number of anilines is 2. The van der Waals surface area contributed by atoms with Crippen molar-refractivity contribution in [2.45, 2.75) is 45.1 Å². The highest BCUT2D eigenvalue weighted by atomic mass is 16.4. The summed E-state index contributed by atoms with van der Waals surface area (Å²) in [5, 5.41) is 9.33. The molecule has 1 unspecified atom stereocenters. The number of benzene rings is 1. The zero-order valence-corrected chi connectivity index (χ0v) is 16.3. The van der Waals surface area contributed by atoms with Gasteiger partial charge in [0, 0.05) is 25.2 Å². The molecule has 2 fully saturated rings. The molecule has 3 heterocycles. The summed E-state index contributed by atoms with van der Waals surface area (Å²) in [6.07, 6.45) is 4.70. The number of carboxylic acids is 1. The molecule has 0 bridgehead atoms. The lowest BCUT2D eigenvalue weighted by Gasteiger charge is -2.45. The smallest absolute Gasteiger partial charge is 0.323 e. The van der Waals surface area contributed by atoms with Crippen LogP contribution in [0.5, 0.6) is 0 Å². The van der Waals surface area contributed by atoms with Gasteiger partial charge in [-0.1, -0.05) is 6.92 Å². The highest BCUT2D eigenvalue weighted by molar-refractivity contribution is 6.09. The number of carbonyl (C=O) groups excluding carboxylic acids is 2. The summed E-state index contributed by atoms with van der Waals surface area (Å²) >= 11 is 0. The normalized spacial score (nSPS) is 22.7. The van der Waals surface area contributed by atoms with Crippen LogP contribution in [0.2, 0.25) is 0 Å². The molecule has 0 spiro atoms. The van der Waals surface area contributed by atoms with Crippen LogP contribution >= 0.6 is 0 Å². The monoisotopic (exact) mass is 385 g/mol. The molecule has 1 aromatic rings. The lowest BCUT2D eigenvalue weighted by Crippen LogP contribution is -2.56. The second-order valence-electron chi connectivity index (χ2n) is 8.20. The van der Waals surface area contributed by atoms with E-state index < -0.39 is 5.97 Å². The summed E-state index contributed by atoms with van der Waals surface area (Å²) in [6, 6.07) is 5.11. The van der Waals surface area contributed by atoms with Gasteiger partial charge in [-0.25, -0.2) is 0 Å². The molecule has 0 saturated carbocycles. The quantitative estimate of drug-likeness (QED) is 0.864. The zero-order valence-electron chi connectivity index (χ0n) is 16.3. The standard InChI is InChI=1S/C21H27N3O4/c1-14-7-10-22(11-8-14)20(27)15-5-6-16-18(12-15)24(13-19(25)26)21(28)17-4-2-3-9-23(16)17/h5-6,12,14,17H,2-4,7-11,13H2,1H3,(H,25,26). The Bertz CT molecular complexity index is 801. The first kappa shape index (κ1) is 18.8. The lowest BCUT2D eigenvalue weighted by molar-refractivity contribution is -0.137. The van der Waals surface area contributed by atoms with Gasteiger partial charge in [0.05, 0.1) is 11.4 Å². The second-order valence-corrected chi connectivity index (χ2v) is 8.20. The molecule has 28 heavy (non-hydrogen) atoms. The molecule has 0 radical (unpaired) electrons. The van der Waals surface area contributed by atoms with E-state index >= 15 is 0 Å². The average Bonchev–Trinajstić information content (AvgIpc) is 2.70. The fourth-order valence-electron chi connectivity index (χ4n) is 4.58. The third-order valence-corrected chi connectivity index (χ3v) is 6.24. The first-order valence-electron chi connectivity index (χ1n) is 10.2. The van der Waals surface area contributed by atoms with Gasteiger partial charge < -0.3 is 14.9 Å². The molecule has 7 heteroatoms. The molecule has 1 atom stereocenters. The van der Waals surface area contributed by atoms with Crippen molar-refractivity contribution in [1.82, 2.24) is 4.90 Å². The van der Waals surface area contributed by atoms with Crippen LogP contribution in [0, 0.1) is 5.92 Å². The SMILES string of the molecule is CC1CCN(C(=O)c2ccc3c(c2)N(CC(=O)O)C(=O)C2CCCCN32)CC1. The summed E-state index contributed by atoms with van der Waals surface area (Å²) in [5.41, 5.74) is 1.92. The van der Waals surface area contributed by atoms with E-state index in [1.807, 2.05) is 17.0 Å². The van der Waals surface area contributed by atoms with Crippen molar-refractivity contribution in [3.05, 3.63) is 23.8 Å². The van der Waals surface area contributed by atoms with Gasteiger partial charge in [0.1, 0.15) is 12.6 Å². The molecule has 0 aromatic heterocycles. The Morgan fingerprint density at radius 2 is 1.82 bits per heavy atom. The van der Waals surface area contributed by atoms with E-state index in [2.05, 4.69) is 11.8 Å². The van der Waals surface area contributed by atoms with Crippen LogP contribution in [0.1, 0.15) is 49.4 Å². The summed E-state index contributed by atoms with van der Waals surface area (Å²) in [5.74, 6) is -0.637. The maximum absolute atomic E-state index is 13.0. The molecule has 0 aliphatic carbocycles. The van der Waals surface area contributed by atoms with Crippen LogP contribution in [0.3, 0.4) is 0 Å². The van der Waals surface area contributed by atoms with E-state index in [0.29, 0.717) is 17.2 Å². The van der Waals surface area contributed by atoms with Crippen molar-refractivity contribution >= 4 is 29.2 Å². The molecular weight excluding hydrogens is 358 g/mol. The first-order chi connectivity index (χ1) is 13.5. The van der Waals surface area contributed by atoms with Gasteiger partial charge in [-0.3, -0.25) is 19.3 Å². The van der Waals surface area contributed by atoms with Crippen LogP contribution in [-0.2, 0) is 9.59 Å². The van der Waals surface area contributed by atoms with Crippen molar-refractivity contribution in [2.24, 2.45) is 5.92 Å². The highest BCUT2D eigenvalue weighted by Gasteiger charge is 2.40. The third kappa shape index (κ3) is 3.34. The van der Waals surface area contributed by atoms with E-state index in [1.54, 1.807) is 6.07 Å². The molecule has 4 rings (SSSR count). The Hall–Kier alpha value is -2.57. The van der Waals surface area contributed by atoms with Crippen LogP contribution in [-0.4, -0.2) is 60.0 Å². The minimum atomic E-state index is -1.05. The maximum Gasteiger partial charge on any atom is 0.323 e. The Balaban J connectivity index is 1.68. The van der Waals surface area contributed by atoms with Crippen molar-refractivity contribution in [1.29, 1.82) is 0 Å². The molecule has 2 amide bonds. The van der Waals surface area contributed by atoms with E-state index in [4.69, 9.17) is 0 Å². The fraction of sp³-hybridized carbons (Fsp3) is 0.571. The van der Waals surface area contributed by atoms with Crippen LogP contribution in [0.4, 0.5) is 11.4 Å². The molecule has 1 N–H and O–H groups in total. The molecular formula is C21H27N3O4. The number of carboxylic acid groups (broad SMARTS) is 1. The molecule has 7 nitrogen and oxygen atoms in total. The van der Waals surface area contributed by atoms with Gasteiger partial charge in [-0.2, -0.15) is 0 Å². The Labute approximate surface area is 164 Å². The molecule has 3 aliphatic heterocycles. The second kappa shape index (κ2) is 7.45. The largest absolute Gasteiger partial charge is 0.480 e. The van der Waals surface area contributed by atoms with Gasteiger partial charge in [0.2, 0.25) is 5.91 Å². The number of carbonyl (C=O) groups is 3. The zero-order chi connectivity index (χ0) is 19.8. The number of amides is 2. The number of hydrogen-bond acceptors (Lipinski definition) is 4. The number of fused-ring (bicyclic) bond motifs is 3. The molecule has 2 saturated heterocycles. The lowest BCUT2D eigenvalue weighted by atomic mass is 9.95. The molecule has 1 aromatic carbocycles. The van der Waals surface area contributed by atoms with E-state index in [-0.39, 0.29) is 24.4 Å². The van der Waals surface area contributed by atoms with Crippen LogP contribution in [0.15, 0.2) is 18.2 Å². The fourth-order valence-corrected chi connectivity index (χ4v) is 4.58. The highest BCUT2D eigenvalue weighted by Crippen LogP contribution is 2.40. The van der Waals surface area contributed by atoms with Gasteiger partial charge in [-0.05, 0) is 56.2 Å². The van der Waals surface area contributed by atoms with Gasteiger partial charge >= 0.3 is 5.97 Å². The summed E-state index contributed by atoms with van der Waals surface area (Å²) in [4.78, 5) is 42.7. The summed E-state index contributed by atoms with van der Waals surface area (Å²) < 4.78 is 0. The maximum atomic E-state index is 13.0. The Morgan fingerprint density at radius 3 is 2.54 bits per heavy atom. The minimum Gasteiger partial charge on any atom is -0.480 e. The summed E-state index contributed by atoms with van der Waals surface area (Å²) in [7, 11) is 0. The average molecular weight is 385 g/mol. The van der Waals surface area contributed by atoms with E-state index in [9.17, 15) is 19.5 Å². The molecule has 3 aliphatic rings. The van der Waals surface area contributed by atoms with Crippen molar-refractivity contribution in [3.8, 4) is 0 Å². The van der Waals surface area contributed by atoms with E-state index in [1.165, 1.54) is 4.90 Å². The minimum absolute atomic E-state index is 0.0433. The van der Waals surface area contributed by atoms with Gasteiger partial charge in [-0.15, -0.1) is 0 Å².